The van der Waals surface area contributed by atoms with Crippen molar-refractivity contribution in [2.24, 2.45) is 0 Å². The van der Waals surface area contributed by atoms with Crippen molar-refractivity contribution in [1.29, 1.82) is 0 Å². The zero-order valence-electron chi connectivity index (χ0n) is 11.6. The third-order valence-corrected chi connectivity index (χ3v) is 4.09. The Morgan fingerprint density at radius 3 is 2.21 bits per heavy atom. The smallest absolute Gasteiger partial charge is 0.173 e. The summed E-state index contributed by atoms with van der Waals surface area (Å²) in [5.74, 6) is 0.690. The second kappa shape index (κ2) is 6.07. The van der Waals surface area contributed by atoms with Gasteiger partial charge in [-0.15, -0.1) is 11.8 Å². The van der Waals surface area contributed by atoms with E-state index in [1.54, 1.807) is 11.8 Å². The molecule has 0 heterocycles. The number of hydrogen-bond donors (Lipinski definition) is 0. The van der Waals surface area contributed by atoms with Crippen molar-refractivity contribution in [2.45, 2.75) is 25.7 Å². The normalized spacial score (nSPS) is 10.5. The van der Waals surface area contributed by atoms with Gasteiger partial charge in [0, 0.05) is 10.5 Å². The van der Waals surface area contributed by atoms with Gasteiger partial charge in [-0.2, -0.15) is 0 Å². The Balaban J connectivity index is 2.03. The van der Waals surface area contributed by atoms with Crippen molar-refractivity contribution in [3.8, 4) is 0 Å². The first-order valence-corrected chi connectivity index (χ1v) is 7.35. The molecule has 0 fully saturated rings. The predicted octanol–water partition coefficient (Wildman–Crippen LogP) is 4.59. The first kappa shape index (κ1) is 13.9. The van der Waals surface area contributed by atoms with Crippen LogP contribution in [0.4, 0.5) is 0 Å². The zero-order chi connectivity index (χ0) is 13.8. The van der Waals surface area contributed by atoms with Crippen LogP contribution in [0.15, 0.2) is 47.4 Å². The van der Waals surface area contributed by atoms with Gasteiger partial charge in [-0.25, -0.2) is 0 Å². The lowest BCUT2D eigenvalue weighted by molar-refractivity contribution is 0.102. The Morgan fingerprint density at radius 1 is 0.947 bits per heavy atom. The van der Waals surface area contributed by atoms with Crippen LogP contribution in [0.25, 0.3) is 0 Å². The van der Waals surface area contributed by atoms with E-state index in [-0.39, 0.29) is 5.78 Å². The quantitative estimate of drug-likeness (QED) is 0.597. The minimum absolute atomic E-state index is 0.197. The molecule has 0 atom stereocenters. The van der Waals surface area contributed by atoms with Gasteiger partial charge >= 0.3 is 0 Å². The average Bonchev–Trinajstić information content (AvgIpc) is 2.37. The van der Waals surface area contributed by atoms with Gasteiger partial charge in [0.15, 0.2) is 5.78 Å². The predicted molar refractivity (Wildman–Crippen MR) is 82.1 cm³/mol. The topological polar surface area (TPSA) is 17.1 Å². The number of ketones is 1. The fourth-order valence-corrected chi connectivity index (χ4v) is 2.77. The van der Waals surface area contributed by atoms with Gasteiger partial charge in [-0.05, 0) is 38.5 Å². The van der Waals surface area contributed by atoms with Gasteiger partial charge in [-0.1, -0.05) is 41.5 Å². The summed E-state index contributed by atoms with van der Waals surface area (Å²) in [6, 6.07) is 14.3. The summed E-state index contributed by atoms with van der Waals surface area (Å²) in [6.07, 6.45) is 0. The number of hydrogen-bond acceptors (Lipinski definition) is 2. The van der Waals surface area contributed by atoms with Crippen LogP contribution in [0.3, 0.4) is 0 Å². The molecule has 2 rings (SSSR count). The molecule has 0 aliphatic rings. The fourth-order valence-electron chi connectivity index (χ4n) is 1.99. The maximum absolute atomic E-state index is 12.2. The molecule has 0 spiro atoms. The summed E-state index contributed by atoms with van der Waals surface area (Å²) in [6.45, 7) is 6.11. The molecule has 0 unspecified atom stereocenters. The molecule has 0 N–H and O–H groups in total. The van der Waals surface area contributed by atoms with Gasteiger partial charge in [-0.3, -0.25) is 4.79 Å². The molecule has 98 valence electrons. The molecule has 0 aliphatic heterocycles. The molecule has 0 aromatic heterocycles. The largest absolute Gasteiger partial charge is 0.293 e. The number of aryl methyl sites for hydroxylation is 3. The molecule has 1 nitrogen and oxygen atoms in total. The van der Waals surface area contributed by atoms with Gasteiger partial charge in [0.25, 0.3) is 0 Å². The molecule has 2 aromatic carbocycles. The maximum atomic E-state index is 12.2. The van der Waals surface area contributed by atoms with Crippen LogP contribution in [0.1, 0.15) is 27.0 Å². The second-order valence-corrected chi connectivity index (χ2v) is 5.89. The molecule has 0 bridgehead atoms. The number of Topliss-reactive ketones (excluding diaryl/α,β-unsaturated/α-hetero) is 1. The summed E-state index contributed by atoms with van der Waals surface area (Å²) in [5, 5.41) is 0. The number of carbonyl (C=O) groups is 1. The Labute approximate surface area is 119 Å². The Hall–Kier alpha value is -1.54. The monoisotopic (exact) mass is 270 g/mol. The van der Waals surface area contributed by atoms with E-state index >= 15 is 0 Å². The molecular formula is C17H18OS. The van der Waals surface area contributed by atoms with Crippen LogP contribution in [-0.2, 0) is 0 Å². The highest BCUT2D eigenvalue weighted by molar-refractivity contribution is 8.00. The Kier molecular flexibility index (Phi) is 4.43. The van der Waals surface area contributed by atoms with E-state index in [0.29, 0.717) is 5.75 Å². The van der Waals surface area contributed by atoms with Gasteiger partial charge < -0.3 is 0 Å². The lowest BCUT2D eigenvalue weighted by Gasteiger charge is -2.06. The third-order valence-electron chi connectivity index (χ3n) is 3.07. The van der Waals surface area contributed by atoms with Gasteiger partial charge in [0.1, 0.15) is 0 Å². The minimum Gasteiger partial charge on any atom is -0.293 e. The molecule has 0 amide bonds. The molecule has 0 saturated heterocycles. The van der Waals surface area contributed by atoms with Crippen LogP contribution in [0.2, 0.25) is 0 Å². The lowest BCUT2D eigenvalue weighted by Crippen LogP contribution is -2.04. The molecular weight excluding hydrogens is 252 g/mol. The van der Waals surface area contributed by atoms with Crippen LogP contribution in [0.5, 0.6) is 0 Å². The highest BCUT2D eigenvalue weighted by Crippen LogP contribution is 2.21. The van der Waals surface area contributed by atoms with E-state index < -0.39 is 0 Å². The second-order valence-electron chi connectivity index (χ2n) is 4.84. The molecule has 2 aromatic rings. The molecule has 0 aliphatic carbocycles. The van der Waals surface area contributed by atoms with Crippen molar-refractivity contribution in [1.82, 2.24) is 0 Å². The highest BCUT2D eigenvalue weighted by atomic mass is 32.2. The average molecular weight is 270 g/mol. The first-order valence-electron chi connectivity index (χ1n) is 6.36. The van der Waals surface area contributed by atoms with E-state index in [9.17, 15) is 4.79 Å². The molecule has 19 heavy (non-hydrogen) atoms. The van der Waals surface area contributed by atoms with Gasteiger partial charge in [0.05, 0.1) is 5.75 Å². The summed E-state index contributed by atoms with van der Waals surface area (Å²) in [4.78, 5) is 13.3. The number of benzene rings is 2. The third kappa shape index (κ3) is 3.71. The Bertz CT molecular complexity index is 585. The summed E-state index contributed by atoms with van der Waals surface area (Å²) in [7, 11) is 0. The van der Waals surface area contributed by atoms with Crippen molar-refractivity contribution >= 4 is 17.5 Å². The summed E-state index contributed by atoms with van der Waals surface area (Å²) < 4.78 is 0. The fraction of sp³-hybridized carbons (Fsp3) is 0.235. The van der Waals surface area contributed by atoms with E-state index in [4.69, 9.17) is 0 Å². The van der Waals surface area contributed by atoms with Crippen molar-refractivity contribution in [2.75, 3.05) is 5.75 Å². The van der Waals surface area contributed by atoms with Crippen LogP contribution >= 0.6 is 11.8 Å². The van der Waals surface area contributed by atoms with Crippen molar-refractivity contribution < 1.29 is 4.79 Å². The van der Waals surface area contributed by atoms with Crippen LogP contribution in [-0.4, -0.2) is 11.5 Å². The molecule has 0 radical (unpaired) electrons. The van der Waals surface area contributed by atoms with Crippen LogP contribution in [0, 0.1) is 20.8 Å². The van der Waals surface area contributed by atoms with E-state index in [1.165, 1.54) is 11.1 Å². The van der Waals surface area contributed by atoms with E-state index in [0.717, 1.165) is 16.0 Å². The highest BCUT2D eigenvalue weighted by Gasteiger charge is 2.09. The lowest BCUT2D eigenvalue weighted by atomic mass is 10.0. The number of rotatable bonds is 4. The summed E-state index contributed by atoms with van der Waals surface area (Å²) in [5.41, 5.74) is 4.34. The zero-order valence-corrected chi connectivity index (χ0v) is 12.4. The van der Waals surface area contributed by atoms with Crippen molar-refractivity contribution in [3.05, 3.63) is 64.7 Å². The Morgan fingerprint density at radius 2 is 1.58 bits per heavy atom. The van der Waals surface area contributed by atoms with Gasteiger partial charge in [0.2, 0.25) is 0 Å². The van der Waals surface area contributed by atoms with E-state index in [1.807, 2.05) is 26.0 Å². The summed E-state index contributed by atoms with van der Waals surface area (Å²) >= 11 is 1.60. The number of thioether (sulfide) groups is 1. The van der Waals surface area contributed by atoms with Crippen molar-refractivity contribution in [3.63, 3.8) is 0 Å². The first-order chi connectivity index (χ1) is 9.06. The van der Waals surface area contributed by atoms with Crippen LogP contribution < -0.4 is 0 Å². The number of carbonyl (C=O) groups excluding carboxylic acids is 1. The maximum Gasteiger partial charge on any atom is 0.173 e. The SMILES string of the molecule is Cc1ccc(SCC(=O)c2ccc(C)cc2C)cc1. The molecule has 2 heteroatoms. The minimum atomic E-state index is 0.197. The van der Waals surface area contributed by atoms with E-state index in [2.05, 4.69) is 37.3 Å². The standard InChI is InChI=1S/C17H18OS/c1-12-4-7-15(8-5-12)19-11-17(18)16-9-6-13(2)10-14(16)3/h4-10H,11H2,1-3H3. The molecule has 0 saturated carbocycles.